The van der Waals surface area contributed by atoms with Crippen molar-refractivity contribution in [2.24, 2.45) is 5.73 Å². The lowest BCUT2D eigenvalue weighted by Crippen LogP contribution is -2.72. The summed E-state index contributed by atoms with van der Waals surface area (Å²) in [6.45, 7) is -6.25. The molecule has 0 spiro atoms. The molecule has 119 heavy (non-hydrogen) atoms. The first kappa shape index (κ1) is 98.1. The predicted molar refractivity (Wildman–Crippen MR) is 368 cm³/mol. The average molecular weight is 1740 g/mol. The Morgan fingerprint density at radius 1 is 0.303 bits per heavy atom. The number of hydrogen-bond acceptors (Lipinski definition) is 48. The van der Waals surface area contributed by atoms with Crippen LogP contribution in [0.2, 0.25) is 0 Å². The molecule has 0 aliphatic carbocycles. The molecule has 53 heteroatoms. The summed E-state index contributed by atoms with van der Waals surface area (Å²) in [6.07, 6.45) is -86.2. The summed E-state index contributed by atoms with van der Waals surface area (Å²) in [7, 11) is 0. The number of ether oxygens (including phenoxy) is 17. The molecule has 19 unspecified atom stereocenters. The number of aliphatic hydroxyl groups is 24. The third-order valence-electron chi connectivity index (χ3n) is 21.4. The first-order valence-electron chi connectivity index (χ1n) is 37.8. The van der Waals surface area contributed by atoms with E-state index < -0.39 is 378 Å². The summed E-state index contributed by atoms with van der Waals surface area (Å²) in [4.78, 5) is 75.5. The van der Waals surface area contributed by atoms with Crippen molar-refractivity contribution in [3.8, 4) is 0 Å². The van der Waals surface area contributed by atoms with Gasteiger partial charge in [0.2, 0.25) is 29.5 Å². The number of aliphatic hydroxyl groups excluding tert-OH is 24. The second-order valence-electron chi connectivity index (χ2n) is 29.8. The smallest absolute Gasteiger partial charge is 0.219 e. The number of aldehydes is 1. The summed E-state index contributed by atoms with van der Waals surface area (Å²) in [5.41, 5.74) is 5.30. The monoisotopic (exact) mass is 1740 g/mol. The molecule has 46 atom stereocenters. The number of nitrogens with two attached hydrogens (primary N) is 1. The molecular weight excluding hydrogens is 1630 g/mol. The standard InChI is InChI=1S/C66H110N6O47/c1-16(82)68-31-40(92)51(25(11-78)104-58(31)72-20(6-73)5-30(67)86)113-59-32(69-17(2)83)41(93)54(28(14-81)109-59)116-64-50(102)55(117-66-57(47(99)38(90)24(10-77)108-66)119-61-34(71-19(4)85)43(95)53(27(13-80)111-61)115-63-49(101)45(97)36(88)22(8-75)106-63)39(91)29(112-64)15-103-65-56(46(98)37(89)23(9-76)107-65)118-60-33(70-18(3)84)42(94)52(26(12-79)110-60)114-62-48(100)44(96)35(87)21(7-74)105-62/h6,20-29,31-66,72,74-81,87-102H,5,7-15H2,1-4H3,(H2,67,86)(H,68,82)(H,69,83)(H,70,84)(H,71,85)/t20-,21?,22?,23?,24?,25?,26-,27?,28?,29?,31?,32?,33?,34-,35-,36-,37+,38+,39+,40+,41+,42?,43+,44-,45-,46-,47?,48?,49?,50?,51+,52+,53+,54+,55-,56?,57?,58+,59-,60-,61?,62-,63-,64-,65-,66+/m0/s1. The molecule has 9 saturated heterocycles. The van der Waals surface area contributed by atoms with Crippen molar-refractivity contribution in [2.45, 2.75) is 316 Å². The third kappa shape index (κ3) is 22.4. The van der Waals surface area contributed by atoms with Crippen molar-refractivity contribution in [3.63, 3.8) is 0 Å². The van der Waals surface area contributed by atoms with Crippen LogP contribution in [0.15, 0.2) is 0 Å². The fourth-order valence-electron chi connectivity index (χ4n) is 15.2. The highest BCUT2D eigenvalue weighted by molar-refractivity contribution is 5.79. The highest BCUT2D eigenvalue weighted by atomic mass is 16.8. The Morgan fingerprint density at radius 3 is 0.933 bits per heavy atom. The fourth-order valence-corrected chi connectivity index (χ4v) is 15.2. The summed E-state index contributed by atoms with van der Waals surface area (Å²) in [6, 6.07) is -8.90. The Kier molecular flexibility index (Phi) is 35.9. The van der Waals surface area contributed by atoms with Gasteiger partial charge >= 0.3 is 0 Å². The summed E-state index contributed by atoms with van der Waals surface area (Å²) >= 11 is 0. The zero-order chi connectivity index (χ0) is 87.8. The van der Waals surface area contributed by atoms with Crippen LogP contribution < -0.4 is 32.3 Å². The van der Waals surface area contributed by atoms with Gasteiger partial charge in [0, 0.05) is 34.1 Å². The maximum absolute atomic E-state index is 13.2. The maximum Gasteiger partial charge on any atom is 0.219 e. The second kappa shape index (κ2) is 43.5. The lowest BCUT2D eigenvalue weighted by molar-refractivity contribution is -0.398. The maximum atomic E-state index is 13.2. The minimum atomic E-state index is -2.61. The minimum absolute atomic E-state index is 0.258. The van der Waals surface area contributed by atoms with E-state index in [-0.39, 0.29) is 6.29 Å². The van der Waals surface area contributed by atoms with E-state index in [0.717, 1.165) is 27.7 Å². The summed E-state index contributed by atoms with van der Waals surface area (Å²) in [5, 5.41) is 280. The highest BCUT2D eigenvalue weighted by Crippen LogP contribution is 2.40. The SMILES string of the molecule is CC(=O)NC1C(O)[C@H](O[C@@H]2OC(CO)[C@H](O)[C@H](O)C2O)[C@H](CO)O[C@H]1OC1[C@@H](OCC2O[C@@H](O[C@@H]3C(CO)O[C@@H](O[C@@H]4C(CO)O[C@@H](N[C@H](C=O)CC(N)=O)C(NC(C)=O)[C@H]4O)C(NC(C)=O)[C@H]3O)C(O)[C@@H](O[C@H]3OC(CO)[C@@H](O)C(O)C3OC3OC(CO)[C@@H](O[C@@H]4OC(CO)[C@H](O)[C@H](O)C4O)[C@H](O)[C@@H]3NC(C)=O)[C@@H]2O)OC(CO)[C@@H](O)[C@@H]1O. The van der Waals surface area contributed by atoms with Crippen molar-refractivity contribution < 1.29 is 232 Å². The molecule has 0 aromatic carbocycles. The molecule has 0 aromatic rings. The van der Waals surface area contributed by atoms with Crippen LogP contribution in [0.25, 0.3) is 0 Å². The lowest BCUT2D eigenvalue weighted by atomic mass is 9.93. The van der Waals surface area contributed by atoms with E-state index in [4.69, 9.17) is 86.3 Å². The first-order valence-corrected chi connectivity index (χ1v) is 37.8. The van der Waals surface area contributed by atoms with Crippen molar-refractivity contribution in [3.05, 3.63) is 0 Å². The van der Waals surface area contributed by atoms with Crippen molar-refractivity contribution >= 4 is 35.8 Å². The van der Waals surface area contributed by atoms with E-state index in [1.165, 1.54) is 0 Å². The number of hydrogen-bond donors (Lipinski definition) is 30. The second-order valence-corrected chi connectivity index (χ2v) is 29.8. The van der Waals surface area contributed by atoms with Crippen LogP contribution in [0.5, 0.6) is 0 Å². The Hall–Kier alpha value is -4.66. The van der Waals surface area contributed by atoms with Gasteiger partial charge < -0.3 is 235 Å². The van der Waals surface area contributed by atoms with Crippen LogP contribution in [0.3, 0.4) is 0 Å². The van der Waals surface area contributed by atoms with Gasteiger partial charge in [0.25, 0.3) is 0 Å². The number of carbonyl (C=O) groups excluding carboxylic acids is 6. The van der Waals surface area contributed by atoms with E-state index in [9.17, 15) is 151 Å². The largest absolute Gasteiger partial charge is 0.394 e. The molecule has 9 rings (SSSR count). The van der Waals surface area contributed by atoms with Crippen LogP contribution in [-0.2, 0) is 109 Å². The molecule has 686 valence electrons. The van der Waals surface area contributed by atoms with Gasteiger partial charge in [-0.2, -0.15) is 0 Å². The van der Waals surface area contributed by atoms with Crippen LogP contribution in [0, 0.1) is 0 Å². The zero-order valence-corrected chi connectivity index (χ0v) is 63.9. The van der Waals surface area contributed by atoms with Crippen molar-refractivity contribution in [1.29, 1.82) is 0 Å². The number of primary amides is 1. The molecule has 9 heterocycles. The van der Waals surface area contributed by atoms with Gasteiger partial charge in [-0.3, -0.25) is 29.3 Å². The van der Waals surface area contributed by atoms with E-state index in [0.29, 0.717) is 0 Å². The van der Waals surface area contributed by atoms with Gasteiger partial charge in [-0.05, 0) is 0 Å². The molecule has 0 saturated carbocycles. The zero-order valence-electron chi connectivity index (χ0n) is 63.9. The van der Waals surface area contributed by atoms with E-state index in [2.05, 4.69) is 26.6 Å². The van der Waals surface area contributed by atoms with Crippen LogP contribution in [-0.4, -0.2) is 500 Å². The molecule has 9 aliphatic heterocycles. The summed E-state index contributed by atoms with van der Waals surface area (Å²) < 4.78 is 102. The number of nitrogens with one attached hydrogen (secondary N) is 5. The molecular formula is C66H110N6O47. The van der Waals surface area contributed by atoms with Gasteiger partial charge in [0.05, 0.1) is 71.5 Å². The normalized spacial score (nSPS) is 46.9. The van der Waals surface area contributed by atoms with Gasteiger partial charge in [0.15, 0.2) is 50.3 Å². The number of amides is 5. The molecule has 9 aliphatic rings. The van der Waals surface area contributed by atoms with Crippen molar-refractivity contribution in [1.82, 2.24) is 26.6 Å². The molecule has 0 bridgehead atoms. The van der Waals surface area contributed by atoms with Gasteiger partial charge in [0.1, 0.15) is 226 Å². The number of rotatable bonds is 34. The Bertz CT molecular complexity index is 3230. The topological polar surface area (TPSA) is 831 Å². The highest BCUT2D eigenvalue weighted by Gasteiger charge is 2.61. The Balaban J connectivity index is 1.06. The summed E-state index contributed by atoms with van der Waals surface area (Å²) in [5.74, 6) is -4.68. The van der Waals surface area contributed by atoms with Crippen LogP contribution >= 0.6 is 0 Å². The van der Waals surface area contributed by atoms with E-state index in [1.54, 1.807) is 0 Å². The lowest BCUT2D eigenvalue weighted by Gasteiger charge is -2.51. The Morgan fingerprint density at radius 2 is 0.580 bits per heavy atom. The first-order chi connectivity index (χ1) is 56.3. The molecule has 0 aromatic heterocycles. The van der Waals surface area contributed by atoms with Crippen molar-refractivity contribution in [2.75, 3.05) is 59.5 Å². The average Bonchev–Trinajstić information content (AvgIpc) is 0.769. The quantitative estimate of drug-likeness (QED) is 0.0266. The van der Waals surface area contributed by atoms with E-state index >= 15 is 0 Å². The van der Waals surface area contributed by atoms with Crippen LogP contribution in [0.4, 0.5) is 0 Å². The predicted octanol–water partition coefficient (Wildman–Crippen LogP) is -21.0. The Labute approximate surface area is 673 Å². The van der Waals surface area contributed by atoms with Gasteiger partial charge in [-0.15, -0.1) is 0 Å². The fraction of sp³-hybridized carbons (Fsp3) is 0.909. The van der Waals surface area contributed by atoms with Gasteiger partial charge in [-0.1, -0.05) is 0 Å². The van der Waals surface area contributed by atoms with E-state index in [1.807, 2.05) is 0 Å². The molecule has 5 amide bonds. The number of carbonyl (C=O) groups is 6. The minimum Gasteiger partial charge on any atom is -0.394 e. The third-order valence-corrected chi connectivity index (χ3v) is 21.4. The van der Waals surface area contributed by atoms with Gasteiger partial charge in [-0.25, -0.2) is 0 Å². The molecule has 0 radical (unpaired) electrons. The molecule has 31 N–H and O–H groups in total. The van der Waals surface area contributed by atoms with Crippen LogP contribution in [0.1, 0.15) is 34.1 Å². The molecule has 53 nitrogen and oxygen atoms in total. The molecule has 9 fully saturated rings.